The van der Waals surface area contributed by atoms with E-state index in [9.17, 15) is 13.2 Å². The number of nitrogens with zero attached hydrogens (tertiary/aromatic N) is 2. The van der Waals surface area contributed by atoms with Gasteiger partial charge in [0.1, 0.15) is 0 Å². The highest BCUT2D eigenvalue weighted by molar-refractivity contribution is 7.90. The second kappa shape index (κ2) is 11.6. The van der Waals surface area contributed by atoms with Crippen LogP contribution in [0.5, 0.6) is 0 Å². The number of carboxylic acid groups (broad SMARTS) is 1. The van der Waals surface area contributed by atoms with Gasteiger partial charge in [0.05, 0.1) is 16.6 Å². The Labute approximate surface area is 234 Å². The van der Waals surface area contributed by atoms with Crippen LogP contribution in [0.4, 0.5) is 0 Å². The molecule has 0 amide bonds. The third kappa shape index (κ3) is 5.78. The van der Waals surface area contributed by atoms with Crippen molar-refractivity contribution in [2.75, 3.05) is 12.9 Å². The van der Waals surface area contributed by atoms with Crippen LogP contribution < -0.4 is 0 Å². The molecule has 1 aliphatic heterocycles. The molecule has 206 valence electrons. The van der Waals surface area contributed by atoms with Crippen molar-refractivity contribution in [2.45, 2.75) is 43.7 Å². The molecule has 1 saturated heterocycles. The standard InChI is InChI=1S/C32H32N2O5S/c1-3-26(27-8-4-5-9-29(27)40(2,37)38)32(23-14-11-22(12-15-23)13-18-31(35)36)24-16-17-28-25(20-24)21-33-34(28)30-10-6-7-19-39-30/h4-5,8-9,11-18,20-21,30H,3,6-7,10,19H2,1-2H3,(H,35,36)/b18-13?,32-26-. The third-order valence-corrected chi connectivity index (χ3v) is 8.35. The lowest BCUT2D eigenvalue weighted by Gasteiger charge is -2.23. The minimum Gasteiger partial charge on any atom is -0.478 e. The van der Waals surface area contributed by atoms with Crippen molar-refractivity contribution in [2.24, 2.45) is 0 Å². The maximum absolute atomic E-state index is 12.8. The summed E-state index contributed by atoms with van der Waals surface area (Å²) in [6.45, 7) is 2.75. The molecular weight excluding hydrogens is 524 g/mol. The van der Waals surface area contributed by atoms with E-state index in [1.165, 1.54) is 6.26 Å². The van der Waals surface area contributed by atoms with Gasteiger partial charge in [-0.3, -0.25) is 0 Å². The number of carboxylic acids is 1. The molecular formula is C32H32N2O5S. The smallest absolute Gasteiger partial charge is 0.328 e. The van der Waals surface area contributed by atoms with Crippen molar-refractivity contribution in [3.05, 3.63) is 101 Å². The highest BCUT2D eigenvalue weighted by Crippen LogP contribution is 2.38. The van der Waals surface area contributed by atoms with E-state index in [1.54, 1.807) is 18.2 Å². The minimum atomic E-state index is -3.48. The zero-order chi connectivity index (χ0) is 28.3. The van der Waals surface area contributed by atoms with E-state index >= 15 is 0 Å². The van der Waals surface area contributed by atoms with E-state index < -0.39 is 15.8 Å². The molecule has 0 spiro atoms. The number of hydrogen-bond acceptors (Lipinski definition) is 5. The lowest BCUT2D eigenvalue weighted by atomic mass is 9.87. The summed E-state index contributed by atoms with van der Waals surface area (Å²) in [4.78, 5) is 11.3. The van der Waals surface area contributed by atoms with E-state index in [2.05, 4.69) is 23.3 Å². The number of carbonyl (C=O) groups is 1. The molecule has 0 saturated carbocycles. The van der Waals surface area contributed by atoms with E-state index in [0.29, 0.717) is 12.0 Å². The van der Waals surface area contributed by atoms with Crippen LogP contribution >= 0.6 is 0 Å². The number of aromatic nitrogens is 2. The lowest BCUT2D eigenvalue weighted by molar-refractivity contribution is -0.131. The number of allylic oxidation sites excluding steroid dienone is 1. The summed E-state index contributed by atoms with van der Waals surface area (Å²) in [5.41, 5.74) is 6.06. The summed E-state index contributed by atoms with van der Waals surface area (Å²) >= 11 is 0. The molecule has 0 bridgehead atoms. The van der Waals surface area contributed by atoms with Gasteiger partial charge in [0, 0.05) is 24.3 Å². The Bertz CT molecular complexity index is 1710. The highest BCUT2D eigenvalue weighted by Gasteiger charge is 2.22. The maximum Gasteiger partial charge on any atom is 0.328 e. The normalized spacial score (nSPS) is 16.8. The fourth-order valence-electron chi connectivity index (χ4n) is 5.34. The molecule has 1 aliphatic rings. The number of aliphatic carboxylic acids is 1. The predicted octanol–water partition coefficient (Wildman–Crippen LogP) is 6.61. The first-order chi connectivity index (χ1) is 19.3. The number of fused-ring (bicyclic) bond motifs is 1. The molecule has 1 unspecified atom stereocenters. The van der Waals surface area contributed by atoms with E-state index in [-0.39, 0.29) is 11.1 Å². The molecule has 4 aromatic rings. The molecule has 1 atom stereocenters. The Balaban J connectivity index is 1.70. The second-order valence-electron chi connectivity index (χ2n) is 9.95. The van der Waals surface area contributed by atoms with Crippen molar-refractivity contribution >= 4 is 43.9 Å². The zero-order valence-corrected chi connectivity index (χ0v) is 23.4. The summed E-state index contributed by atoms with van der Waals surface area (Å²) in [6, 6.07) is 20.9. The molecule has 1 aromatic heterocycles. The van der Waals surface area contributed by atoms with Gasteiger partial charge in [-0.15, -0.1) is 0 Å². The van der Waals surface area contributed by atoms with Crippen LogP contribution in [0.2, 0.25) is 0 Å². The van der Waals surface area contributed by atoms with Crippen molar-refractivity contribution in [3.8, 4) is 0 Å². The molecule has 8 heteroatoms. The van der Waals surface area contributed by atoms with Crippen LogP contribution in [0.3, 0.4) is 0 Å². The first-order valence-corrected chi connectivity index (χ1v) is 15.3. The molecule has 7 nitrogen and oxygen atoms in total. The second-order valence-corrected chi connectivity index (χ2v) is 11.9. The Morgan fingerprint density at radius 2 is 1.82 bits per heavy atom. The van der Waals surface area contributed by atoms with Crippen LogP contribution in [0, 0.1) is 0 Å². The van der Waals surface area contributed by atoms with E-state index in [1.807, 2.05) is 54.2 Å². The quantitative estimate of drug-likeness (QED) is 0.194. The number of ether oxygens (including phenoxy) is 1. The fourth-order valence-corrected chi connectivity index (χ4v) is 6.26. The average molecular weight is 557 g/mol. The topological polar surface area (TPSA) is 98.5 Å². The van der Waals surface area contributed by atoms with Crippen molar-refractivity contribution in [3.63, 3.8) is 0 Å². The van der Waals surface area contributed by atoms with Crippen molar-refractivity contribution < 1.29 is 23.1 Å². The molecule has 1 fully saturated rings. The summed E-state index contributed by atoms with van der Waals surface area (Å²) in [5.74, 6) is -1.01. The predicted molar refractivity (Wildman–Crippen MR) is 157 cm³/mol. The van der Waals surface area contributed by atoms with Gasteiger partial charge in [0.15, 0.2) is 16.1 Å². The van der Waals surface area contributed by atoms with Gasteiger partial charge in [-0.05, 0) is 83.4 Å². The summed E-state index contributed by atoms with van der Waals surface area (Å²) in [5, 5.41) is 14.6. The van der Waals surface area contributed by atoms with Gasteiger partial charge >= 0.3 is 5.97 Å². The molecule has 0 aliphatic carbocycles. The Kier molecular flexibility index (Phi) is 8.00. The maximum atomic E-state index is 12.8. The van der Waals surface area contributed by atoms with Gasteiger partial charge in [-0.2, -0.15) is 5.10 Å². The molecule has 1 N–H and O–H groups in total. The molecule has 0 radical (unpaired) electrons. The largest absolute Gasteiger partial charge is 0.478 e. The molecule has 5 rings (SSSR count). The average Bonchev–Trinajstić information content (AvgIpc) is 3.38. The molecule has 3 aromatic carbocycles. The van der Waals surface area contributed by atoms with Crippen LogP contribution in [0.1, 0.15) is 61.1 Å². The highest BCUT2D eigenvalue weighted by atomic mass is 32.2. The fraction of sp³-hybridized carbons (Fsp3) is 0.250. The minimum absolute atomic E-state index is 0.0774. The van der Waals surface area contributed by atoms with E-state index in [0.717, 1.165) is 70.7 Å². The first kappa shape index (κ1) is 27.6. The van der Waals surface area contributed by atoms with Crippen LogP contribution in [-0.2, 0) is 19.4 Å². The first-order valence-electron chi connectivity index (χ1n) is 13.4. The Morgan fingerprint density at radius 1 is 1.07 bits per heavy atom. The third-order valence-electron chi connectivity index (χ3n) is 7.20. The number of rotatable bonds is 8. The van der Waals surface area contributed by atoms with Crippen LogP contribution in [0.15, 0.2) is 83.9 Å². The number of hydrogen-bond donors (Lipinski definition) is 1. The zero-order valence-electron chi connectivity index (χ0n) is 22.6. The van der Waals surface area contributed by atoms with Crippen molar-refractivity contribution in [1.29, 1.82) is 0 Å². The monoisotopic (exact) mass is 556 g/mol. The van der Waals surface area contributed by atoms with Crippen LogP contribution in [-0.4, -0.2) is 42.1 Å². The van der Waals surface area contributed by atoms with Crippen LogP contribution in [0.25, 0.3) is 28.1 Å². The molecule has 2 heterocycles. The Hall–Kier alpha value is -4.01. The summed E-state index contributed by atoms with van der Waals surface area (Å²) in [7, 11) is -3.48. The number of benzene rings is 3. The lowest BCUT2D eigenvalue weighted by Crippen LogP contribution is -2.18. The van der Waals surface area contributed by atoms with Gasteiger partial charge in [-0.1, -0.05) is 55.5 Å². The SMILES string of the molecule is CC/C(=C(\c1ccc(C=CC(=O)O)cc1)c1ccc2c(cnn2C2CCCCO2)c1)c1ccccc1S(C)(=O)=O. The van der Waals surface area contributed by atoms with E-state index in [4.69, 9.17) is 9.84 Å². The number of sulfone groups is 1. The van der Waals surface area contributed by atoms with Gasteiger partial charge in [0.25, 0.3) is 0 Å². The van der Waals surface area contributed by atoms with Crippen molar-refractivity contribution in [1.82, 2.24) is 9.78 Å². The molecule has 40 heavy (non-hydrogen) atoms. The summed E-state index contributed by atoms with van der Waals surface area (Å²) < 4.78 is 33.5. The summed E-state index contributed by atoms with van der Waals surface area (Å²) in [6.07, 6.45) is 9.34. The van der Waals surface area contributed by atoms with Gasteiger partial charge < -0.3 is 9.84 Å². The van der Waals surface area contributed by atoms with Gasteiger partial charge in [-0.25, -0.2) is 17.9 Å². The Morgan fingerprint density at radius 3 is 2.50 bits per heavy atom. The van der Waals surface area contributed by atoms with Gasteiger partial charge in [0.2, 0.25) is 0 Å².